The predicted molar refractivity (Wildman–Crippen MR) is 94.3 cm³/mol. The van der Waals surface area contributed by atoms with Crippen LogP contribution in [0.5, 0.6) is 0 Å². The number of carboxylic acid groups (broad SMARTS) is 1. The fourth-order valence-corrected chi connectivity index (χ4v) is 3.85. The van der Waals surface area contributed by atoms with E-state index in [-0.39, 0.29) is 30.7 Å². The van der Waals surface area contributed by atoms with Crippen LogP contribution in [0.15, 0.2) is 24.5 Å². The maximum atomic E-state index is 12.6. The molecule has 3 rings (SSSR count). The highest BCUT2D eigenvalue weighted by molar-refractivity contribution is 5.81. The summed E-state index contributed by atoms with van der Waals surface area (Å²) in [6.45, 7) is 1.72. The summed E-state index contributed by atoms with van der Waals surface area (Å²) in [5.74, 6) is -1.72. The Bertz CT molecular complexity index is 664. The maximum Gasteiger partial charge on any atom is 0.308 e. The van der Waals surface area contributed by atoms with E-state index in [2.05, 4.69) is 4.98 Å². The van der Waals surface area contributed by atoms with Crippen molar-refractivity contribution in [2.24, 2.45) is 5.92 Å². The van der Waals surface area contributed by atoms with Crippen molar-refractivity contribution in [1.29, 1.82) is 0 Å². The van der Waals surface area contributed by atoms with E-state index in [9.17, 15) is 19.5 Å². The van der Waals surface area contributed by atoms with Crippen molar-refractivity contribution in [2.75, 3.05) is 26.2 Å². The molecule has 0 spiro atoms. The Labute approximate surface area is 153 Å². The molecule has 2 saturated heterocycles. The van der Waals surface area contributed by atoms with Gasteiger partial charge < -0.3 is 14.9 Å². The first kappa shape index (κ1) is 18.4. The average molecular weight is 359 g/mol. The van der Waals surface area contributed by atoms with Gasteiger partial charge in [-0.2, -0.15) is 0 Å². The molecule has 1 N–H and O–H groups in total. The second-order valence-corrected chi connectivity index (χ2v) is 7.08. The molecule has 0 aromatic carbocycles. The molecule has 7 heteroatoms. The molecule has 2 aliphatic heterocycles. The van der Waals surface area contributed by atoms with Gasteiger partial charge in [-0.3, -0.25) is 19.4 Å². The van der Waals surface area contributed by atoms with E-state index >= 15 is 0 Å². The number of pyridine rings is 1. The molecule has 1 aromatic heterocycles. The largest absolute Gasteiger partial charge is 0.481 e. The van der Waals surface area contributed by atoms with Gasteiger partial charge in [-0.1, -0.05) is 12.5 Å². The van der Waals surface area contributed by atoms with Gasteiger partial charge in [0, 0.05) is 57.3 Å². The van der Waals surface area contributed by atoms with Crippen LogP contribution in [-0.2, 0) is 14.4 Å². The molecule has 1 aromatic rings. The molecule has 0 aliphatic carbocycles. The first-order valence-corrected chi connectivity index (χ1v) is 9.24. The number of hydrogen-bond acceptors (Lipinski definition) is 4. The lowest BCUT2D eigenvalue weighted by molar-refractivity contribution is -0.141. The zero-order valence-electron chi connectivity index (χ0n) is 14.8. The third-order valence-corrected chi connectivity index (χ3v) is 5.37. The quantitative estimate of drug-likeness (QED) is 0.860. The van der Waals surface area contributed by atoms with Crippen LogP contribution < -0.4 is 0 Å². The van der Waals surface area contributed by atoms with Crippen molar-refractivity contribution < 1.29 is 19.5 Å². The molecule has 0 saturated carbocycles. The highest BCUT2D eigenvalue weighted by Crippen LogP contribution is 2.32. The summed E-state index contributed by atoms with van der Waals surface area (Å²) in [5.41, 5.74) is 0.845. The summed E-state index contributed by atoms with van der Waals surface area (Å²) < 4.78 is 0. The average Bonchev–Trinajstić information content (AvgIpc) is 3.00. The zero-order chi connectivity index (χ0) is 18.5. The number of aromatic nitrogens is 1. The molecule has 2 atom stereocenters. The second-order valence-electron chi connectivity index (χ2n) is 7.08. The molecule has 140 valence electrons. The van der Waals surface area contributed by atoms with Crippen LogP contribution in [0, 0.1) is 5.92 Å². The lowest BCUT2D eigenvalue weighted by Crippen LogP contribution is -2.36. The number of hydrogen-bond donors (Lipinski definition) is 1. The lowest BCUT2D eigenvalue weighted by Gasteiger charge is -2.22. The SMILES string of the molecule is O=C(O)[C@@H]1CN(C(=O)CCN2CCCCCC2=O)C[C@H]1c1cccnc1. The van der Waals surface area contributed by atoms with Crippen molar-refractivity contribution in [1.82, 2.24) is 14.8 Å². The summed E-state index contributed by atoms with van der Waals surface area (Å²) in [5, 5.41) is 9.53. The second kappa shape index (κ2) is 8.29. The van der Waals surface area contributed by atoms with Crippen LogP contribution in [0.1, 0.15) is 43.6 Å². The van der Waals surface area contributed by atoms with Crippen molar-refractivity contribution in [3.8, 4) is 0 Å². The first-order chi connectivity index (χ1) is 12.6. The summed E-state index contributed by atoms with van der Waals surface area (Å²) in [4.78, 5) is 43.7. The van der Waals surface area contributed by atoms with E-state index in [0.29, 0.717) is 26.1 Å². The monoisotopic (exact) mass is 359 g/mol. The van der Waals surface area contributed by atoms with Gasteiger partial charge in [0.05, 0.1) is 5.92 Å². The minimum Gasteiger partial charge on any atom is -0.481 e. The van der Waals surface area contributed by atoms with E-state index in [4.69, 9.17) is 0 Å². The van der Waals surface area contributed by atoms with Gasteiger partial charge in [-0.05, 0) is 24.5 Å². The van der Waals surface area contributed by atoms with Gasteiger partial charge in [-0.25, -0.2) is 0 Å². The Balaban J connectivity index is 1.61. The highest BCUT2D eigenvalue weighted by atomic mass is 16.4. The number of aliphatic carboxylic acids is 1. The Morgan fingerprint density at radius 1 is 1.23 bits per heavy atom. The number of rotatable bonds is 5. The third kappa shape index (κ3) is 4.20. The maximum absolute atomic E-state index is 12.6. The van der Waals surface area contributed by atoms with Crippen molar-refractivity contribution in [3.63, 3.8) is 0 Å². The van der Waals surface area contributed by atoms with Crippen molar-refractivity contribution in [2.45, 2.75) is 38.0 Å². The molecule has 2 aliphatic rings. The summed E-state index contributed by atoms with van der Waals surface area (Å²) in [6.07, 6.45) is 7.07. The molecule has 7 nitrogen and oxygen atoms in total. The van der Waals surface area contributed by atoms with Crippen molar-refractivity contribution in [3.05, 3.63) is 30.1 Å². The minimum absolute atomic E-state index is 0.0836. The Morgan fingerprint density at radius 2 is 2.08 bits per heavy atom. The number of likely N-dealkylation sites (tertiary alicyclic amines) is 2. The molecule has 26 heavy (non-hydrogen) atoms. The number of nitrogens with zero attached hydrogens (tertiary/aromatic N) is 3. The van der Waals surface area contributed by atoms with Gasteiger partial charge in [0.1, 0.15) is 0 Å². The lowest BCUT2D eigenvalue weighted by atomic mass is 9.90. The molecule has 2 fully saturated rings. The standard InChI is InChI=1S/C19H25N3O4/c23-17-6-2-1-3-9-21(17)10-7-18(24)22-12-15(16(13-22)19(25)26)14-5-4-8-20-11-14/h4-5,8,11,15-16H,1-3,6-7,9-10,12-13H2,(H,25,26)/t15-,16+/m0/s1. The van der Waals surface area contributed by atoms with E-state index in [0.717, 1.165) is 24.8 Å². The number of amides is 2. The first-order valence-electron chi connectivity index (χ1n) is 9.24. The predicted octanol–water partition coefficient (Wildman–Crippen LogP) is 1.50. The van der Waals surface area contributed by atoms with Crippen molar-refractivity contribution >= 4 is 17.8 Å². The van der Waals surface area contributed by atoms with Crippen LogP contribution in [0.3, 0.4) is 0 Å². The van der Waals surface area contributed by atoms with E-state index in [1.807, 2.05) is 6.07 Å². The van der Waals surface area contributed by atoms with Gasteiger partial charge in [0.2, 0.25) is 11.8 Å². The summed E-state index contributed by atoms with van der Waals surface area (Å²) >= 11 is 0. The van der Waals surface area contributed by atoms with Gasteiger partial charge in [0.25, 0.3) is 0 Å². The number of carboxylic acids is 1. The molecular weight excluding hydrogens is 334 g/mol. The van der Waals surface area contributed by atoms with Crippen LogP contribution in [0.25, 0.3) is 0 Å². The van der Waals surface area contributed by atoms with Gasteiger partial charge >= 0.3 is 5.97 Å². The van der Waals surface area contributed by atoms with Crippen LogP contribution in [0.4, 0.5) is 0 Å². The van der Waals surface area contributed by atoms with E-state index < -0.39 is 11.9 Å². The third-order valence-electron chi connectivity index (χ3n) is 5.37. The van der Waals surface area contributed by atoms with E-state index in [1.165, 1.54) is 0 Å². The Kier molecular flexibility index (Phi) is 5.85. The van der Waals surface area contributed by atoms with Gasteiger partial charge in [0.15, 0.2) is 0 Å². The van der Waals surface area contributed by atoms with Crippen LogP contribution >= 0.6 is 0 Å². The fraction of sp³-hybridized carbons (Fsp3) is 0.579. The number of carbonyl (C=O) groups excluding carboxylic acids is 2. The molecule has 3 heterocycles. The molecule has 0 unspecified atom stereocenters. The normalized spacial score (nSPS) is 23.8. The van der Waals surface area contributed by atoms with Crippen LogP contribution in [0.2, 0.25) is 0 Å². The topological polar surface area (TPSA) is 90.8 Å². The molecular formula is C19H25N3O4. The highest BCUT2D eigenvalue weighted by Gasteiger charge is 2.40. The Morgan fingerprint density at radius 3 is 2.81 bits per heavy atom. The van der Waals surface area contributed by atoms with Crippen LogP contribution in [-0.4, -0.2) is 63.9 Å². The minimum atomic E-state index is -0.892. The molecule has 0 radical (unpaired) electrons. The van der Waals surface area contributed by atoms with E-state index in [1.54, 1.807) is 28.3 Å². The summed E-state index contributed by atoms with van der Waals surface area (Å²) in [6, 6.07) is 3.64. The Hall–Kier alpha value is -2.44. The molecule has 0 bridgehead atoms. The summed E-state index contributed by atoms with van der Waals surface area (Å²) in [7, 11) is 0. The van der Waals surface area contributed by atoms with Gasteiger partial charge in [-0.15, -0.1) is 0 Å². The zero-order valence-corrected chi connectivity index (χ0v) is 14.8. The number of carbonyl (C=O) groups is 3. The smallest absolute Gasteiger partial charge is 0.308 e. The molecule has 2 amide bonds. The fourth-order valence-electron chi connectivity index (χ4n) is 3.85.